The highest BCUT2D eigenvalue weighted by Gasteiger charge is 2.15. The lowest BCUT2D eigenvalue weighted by molar-refractivity contribution is 0.395. The molecule has 0 atom stereocenters. The maximum absolute atomic E-state index is 10.9. The fourth-order valence-corrected chi connectivity index (χ4v) is 1.41. The first-order chi connectivity index (χ1) is 8.15. The molecule has 0 fully saturated rings. The predicted molar refractivity (Wildman–Crippen MR) is 60.1 cm³/mol. The molecule has 7 heteroatoms. The van der Waals surface area contributed by atoms with Gasteiger partial charge in [-0.2, -0.15) is 0 Å². The topological polar surface area (TPSA) is 103 Å². The molecule has 0 aliphatic rings. The van der Waals surface area contributed by atoms with Gasteiger partial charge in [-0.05, 0) is 6.07 Å². The number of nitrogens with two attached hydrogens (primary N) is 1. The first kappa shape index (κ1) is 11.1. The number of benzene rings is 1. The quantitative estimate of drug-likeness (QED) is 0.759. The van der Waals surface area contributed by atoms with Crippen LogP contribution in [0.3, 0.4) is 0 Å². The molecule has 1 heterocycles. The Hall–Kier alpha value is -2.44. The highest BCUT2D eigenvalue weighted by atomic mass is 16.5. The van der Waals surface area contributed by atoms with Gasteiger partial charge in [0.25, 0.3) is 5.89 Å². The van der Waals surface area contributed by atoms with Gasteiger partial charge in [-0.1, -0.05) is 0 Å². The van der Waals surface area contributed by atoms with Crippen LogP contribution in [0.5, 0.6) is 11.5 Å². The van der Waals surface area contributed by atoms with Gasteiger partial charge in [-0.3, -0.25) is 0 Å². The highest BCUT2D eigenvalue weighted by molar-refractivity contribution is 5.77. The number of nitrogen functional groups attached to an aromatic ring is 1. The Kier molecular flexibility index (Phi) is 2.73. The third kappa shape index (κ3) is 1.94. The summed E-state index contributed by atoms with van der Waals surface area (Å²) >= 11 is 0. The standard InChI is InChI=1S/C10H11N3O4/c1-15-5-3-6(8(11)7(4-5)16-2)9-12-13-10(14)17-9/h3-4H,11H2,1-2H3,(H,13,14). The third-order valence-electron chi connectivity index (χ3n) is 2.24. The number of anilines is 1. The number of nitrogens with one attached hydrogen (secondary N) is 1. The number of aromatic amines is 1. The van der Waals surface area contributed by atoms with Gasteiger partial charge >= 0.3 is 5.76 Å². The smallest absolute Gasteiger partial charge is 0.434 e. The average molecular weight is 237 g/mol. The van der Waals surface area contributed by atoms with Crippen molar-refractivity contribution in [2.45, 2.75) is 0 Å². The van der Waals surface area contributed by atoms with Crippen molar-refractivity contribution in [3.05, 3.63) is 22.7 Å². The lowest BCUT2D eigenvalue weighted by Gasteiger charge is -2.10. The molecule has 3 N–H and O–H groups in total. The molecular formula is C10H11N3O4. The number of rotatable bonds is 3. The average Bonchev–Trinajstić information content (AvgIpc) is 2.76. The van der Waals surface area contributed by atoms with E-state index in [2.05, 4.69) is 10.2 Å². The van der Waals surface area contributed by atoms with Crippen LogP contribution in [-0.2, 0) is 0 Å². The van der Waals surface area contributed by atoms with Crippen LogP contribution >= 0.6 is 0 Å². The molecule has 1 aromatic carbocycles. The Labute approximate surface area is 96.1 Å². The van der Waals surface area contributed by atoms with Crippen molar-refractivity contribution in [3.63, 3.8) is 0 Å². The lowest BCUT2D eigenvalue weighted by atomic mass is 10.1. The van der Waals surface area contributed by atoms with Crippen molar-refractivity contribution in [1.82, 2.24) is 10.2 Å². The SMILES string of the molecule is COc1cc(OC)c(N)c(-c2n[nH]c(=O)o2)c1. The van der Waals surface area contributed by atoms with Gasteiger partial charge in [-0.15, -0.1) is 5.10 Å². The van der Waals surface area contributed by atoms with Crippen LogP contribution in [0.1, 0.15) is 0 Å². The molecule has 7 nitrogen and oxygen atoms in total. The summed E-state index contributed by atoms with van der Waals surface area (Å²) < 4.78 is 15.0. The largest absolute Gasteiger partial charge is 0.497 e. The van der Waals surface area contributed by atoms with Gasteiger partial charge in [0.2, 0.25) is 0 Å². The monoisotopic (exact) mass is 237 g/mol. The Morgan fingerprint density at radius 2 is 2.12 bits per heavy atom. The van der Waals surface area contributed by atoms with Crippen molar-refractivity contribution < 1.29 is 13.9 Å². The van der Waals surface area contributed by atoms with Gasteiger partial charge in [0.05, 0.1) is 25.5 Å². The Balaban J connectivity index is 2.63. The number of hydrogen-bond acceptors (Lipinski definition) is 6. The van der Waals surface area contributed by atoms with Gasteiger partial charge in [0, 0.05) is 6.07 Å². The minimum atomic E-state index is -0.652. The second-order valence-electron chi connectivity index (χ2n) is 3.21. The van der Waals surface area contributed by atoms with Crippen LogP contribution in [0.25, 0.3) is 11.5 Å². The number of methoxy groups -OCH3 is 2. The van der Waals surface area contributed by atoms with Crippen LogP contribution in [-0.4, -0.2) is 24.4 Å². The molecule has 2 aromatic rings. The number of nitrogens with zero attached hydrogens (tertiary/aromatic N) is 1. The second kappa shape index (κ2) is 4.20. The summed E-state index contributed by atoms with van der Waals surface area (Å²) in [7, 11) is 2.99. The molecule has 0 radical (unpaired) electrons. The summed E-state index contributed by atoms with van der Waals surface area (Å²) in [5.41, 5.74) is 6.62. The molecule has 2 rings (SSSR count). The normalized spacial score (nSPS) is 10.2. The van der Waals surface area contributed by atoms with Crippen molar-refractivity contribution in [3.8, 4) is 23.0 Å². The van der Waals surface area contributed by atoms with E-state index < -0.39 is 5.76 Å². The second-order valence-corrected chi connectivity index (χ2v) is 3.21. The van der Waals surface area contributed by atoms with Crippen LogP contribution in [0, 0.1) is 0 Å². The molecule has 0 saturated heterocycles. The molecule has 17 heavy (non-hydrogen) atoms. The number of aromatic nitrogens is 2. The summed E-state index contributed by atoms with van der Waals surface area (Å²) in [6.45, 7) is 0. The molecular weight excluding hydrogens is 226 g/mol. The number of H-pyrrole nitrogens is 1. The summed E-state index contributed by atoms with van der Waals surface area (Å²) in [5, 5.41) is 5.86. The molecule has 0 bridgehead atoms. The molecule has 0 aliphatic carbocycles. The fourth-order valence-electron chi connectivity index (χ4n) is 1.41. The molecule has 0 amide bonds. The van der Waals surface area contributed by atoms with Crippen LogP contribution in [0.4, 0.5) is 5.69 Å². The Morgan fingerprint density at radius 1 is 1.35 bits per heavy atom. The Morgan fingerprint density at radius 3 is 2.65 bits per heavy atom. The maximum Gasteiger partial charge on any atom is 0.434 e. The molecule has 0 spiro atoms. The fraction of sp³-hybridized carbons (Fsp3) is 0.200. The van der Waals surface area contributed by atoms with E-state index >= 15 is 0 Å². The molecule has 1 aromatic heterocycles. The van der Waals surface area contributed by atoms with Crippen molar-refractivity contribution >= 4 is 5.69 Å². The Bertz CT molecular complexity index is 587. The van der Waals surface area contributed by atoms with E-state index in [4.69, 9.17) is 19.6 Å². The first-order valence-electron chi connectivity index (χ1n) is 4.73. The number of ether oxygens (including phenoxy) is 2. The summed E-state index contributed by atoms with van der Waals surface area (Å²) in [6, 6.07) is 3.24. The molecule has 90 valence electrons. The van der Waals surface area contributed by atoms with Crippen LogP contribution in [0.2, 0.25) is 0 Å². The summed E-state index contributed by atoms with van der Waals surface area (Å²) in [5.74, 6) is 0.382. The van der Waals surface area contributed by atoms with E-state index in [0.29, 0.717) is 22.7 Å². The summed E-state index contributed by atoms with van der Waals surface area (Å²) in [4.78, 5) is 10.9. The van der Waals surface area contributed by atoms with Crippen LogP contribution < -0.4 is 21.0 Å². The van der Waals surface area contributed by atoms with E-state index in [0.717, 1.165) is 0 Å². The summed E-state index contributed by atoms with van der Waals surface area (Å²) in [6.07, 6.45) is 0. The minimum absolute atomic E-state index is 0.0877. The van der Waals surface area contributed by atoms with E-state index in [1.807, 2.05) is 0 Å². The first-order valence-corrected chi connectivity index (χ1v) is 4.73. The predicted octanol–water partition coefficient (Wildman–Crippen LogP) is 0.629. The van der Waals surface area contributed by atoms with Crippen LogP contribution in [0.15, 0.2) is 21.3 Å². The van der Waals surface area contributed by atoms with Crippen molar-refractivity contribution in [1.29, 1.82) is 0 Å². The highest BCUT2D eigenvalue weighted by Crippen LogP contribution is 2.36. The lowest BCUT2D eigenvalue weighted by Crippen LogP contribution is -1.97. The van der Waals surface area contributed by atoms with Gasteiger partial charge in [0.1, 0.15) is 11.5 Å². The van der Waals surface area contributed by atoms with Crippen molar-refractivity contribution in [2.24, 2.45) is 0 Å². The van der Waals surface area contributed by atoms with E-state index in [9.17, 15) is 4.79 Å². The van der Waals surface area contributed by atoms with Gasteiger partial charge in [0.15, 0.2) is 0 Å². The third-order valence-corrected chi connectivity index (χ3v) is 2.24. The minimum Gasteiger partial charge on any atom is -0.497 e. The zero-order valence-corrected chi connectivity index (χ0v) is 9.31. The van der Waals surface area contributed by atoms with Gasteiger partial charge < -0.3 is 19.6 Å². The van der Waals surface area contributed by atoms with E-state index in [1.54, 1.807) is 12.1 Å². The molecule has 0 saturated carbocycles. The van der Waals surface area contributed by atoms with E-state index in [1.165, 1.54) is 14.2 Å². The van der Waals surface area contributed by atoms with E-state index in [-0.39, 0.29) is 5.89 Å². The zero-order valence-electron chi connectivity index (χ0n) is 9.31. The van der Waals surface area contributed by atoms with Gasteiger partial charge in [-0.25, -0.2) is 9.89 Å². The molecule has 0 aliphatic heterocycles. The maximum atomic E-state index is 10.9. The molecule has 0 unspecified atom stereocenters. The number of hydrogen-bond donors (Lipinski definition) is 2. The zero-order chi connectivity index (χ0) is 12.4. The van der Waals surface area contributed by atoms with Crippen molar-refractivity contribution in [2.75, 3.05) is 20.0 Å².